The van der Waals surface area contributed by atoms with Gasteiger partial charge in [-0.15, -0.1) is 0 Å². The van der Waals surface area contributed by atoms with Gasteiger partial charge in [-0.3, -0.25) is 0 Å². The Morgan fingerprint density at radius 3 is 0.500 bits per heavy atom. The first-order valence-electron chi connectivity index (χ1n) is 0. The first-order chi connectivity index (χ1) is 0. The Morgan fingerprint density at radius 1 is 0.500 bits per heavy atom. The Balaban J connectivity index is 0. The van der Waals surface area contributed by atoms with Crippen molar-refractivity contribution in [3.63, 3.8) is 0 Å². The summed E-state index contributed by atoms with van der Waals surface area (Å²) in [5.41, 5.74) is 0. The molecule has 0 atom stereocenters. The Bertz CT molecular complexity index is 5.51. The standard InChI is InChI=1S/4H3N/h4*1H3/p+2. The Kier molecular flexibility index (Phi) is 114000. The lowest BCUT2D eigenvalue weighted by Crippen LogP contribution is -0.482. The normalized spacial score (nSPS) is 0. The Labute approximate surface area is 28.9 Å². The van der Waals surface area contributed by atoms with Crippen LogP contribution >= 0.6 is 0 Å². The molecule has 0 fully saturated rings. The molecule has 4 heteroatoms. The molecule has 0 bridgehead atoms. The summed E-state index contributed by atoms with van der Waals surface area (Å²) in [4.78, 5) is 0. The fourth-order valence-electron chi connectivity index (χ4n) is 0. The fourth-order valence-corrected chi connectivity index (χ4v) is 0. The Hall–Kier alpha value is -0.160. The number of hydrogen-bond acceptors (Lipinski definition) is 4. The predicted molar refractivity (Wildman–Crippen MR) is 22.3 cm³/mol. The smallest absolute Gasteiger partial charge is 0.344 e. The Morgan fingerprint density at radius 2 is 0.500 bits per heavy atom. The quantitative estimate of drug-likeness (QED) is 0.335. The largest absolute Gasteiger partial charge is 1.00 e. The molecule has 4 nitrogen and oxygen atoms in total. The second-order valence-electron chi connectivity index (χ2n) is 0. The van der Waals surface area contributed by atoms with Crippen LogP contribution in [-0.2, 0) is 0 Å². The summed E-state index contributed by atoms with van der Waals surface area (Å²) < 4.78 is 0. The molecule has 0 radical (unpaired) electrons. The third-order valence-corrected chi connectivity index (χ3v) is 0. The minimum Gasteiger partial charge on any atom is -0.344 e. The van der Waals surface area contributed by atoms with Gasteiger partial charge in [0.25, 0.3) is 0 Å². The van der Waals surface area contributed by atoms with E-state index < -0.39 is 0 Å². The number of rotatable bonds is 0. The molecule has 0 heterocycles. The highest BCUT2D eigenvalue weighted by Crippen LogP contribution is -0.478. The second kappa shape index (κ2) is 376. The van der Waals surface area contributed by atoms with E-state index in [1.807, 2.05) is 0 Å². The van der Waals surface area contributed by atoms with Crippen LogP contribution in [0.5, 0.6) is 0 Å². The van der Waals surface area contributed by atoms with E-state index in [0.717, 1.165) is 0 Å². The van der Waals surface area contributed by atoms with Crippen LogP contribution in [0.15, 0.2) is 0 Å². The third kappa shape index (κ3) is 50.7. The van der Waals surface area contributed by atoms with Gasteiger partial charge in [0, 0.05) is 0 Å². The third-order valence-electron chi connectivity index (χ3n) is 0. The van der Waals surface area contributed by atoms with Gasteiger partial charge in [-0.2, -0.15) is 0 Å². The van der Waals surface area contributed by atoms with E-state index in [1.165, 1.54) is 0 Å². The molecule has 0 aliphatic carbocycles. The molecule has 4 heavy (non-hydrogen) atoms. The van der Waals surface area contributed by atoms with Gasteiger partial charge in [-0.05, 0) is 0 Å². The van der Waals surface area contributed by atoms with Gasteiger partial charge in [0.15, 0.2) is 0 Å². The average Bonchev–Trinajstić information content (AvgIpc) is 0. The average molecular weight is 70.1 g/mol. The fraction of sp³-hybridized carbons (Fsp3) is 0. The molecular weight excluding hydrogens is 56.0 g/mol. The first kappa shape index (κ1) is 1210. The molecule has 0 saturated carbocycles. The zero-order valence-corrected chi connectivity index (χ0v) is 2.83. The van der Waals surface area contributed by atoms with E-state index in [1.54, 1.807) is 0 Å². The zero-order chi connectivity index (χ0) is 0. The molecule has 0 aliphatic heterocycles. The van der Waals surface area contributed by atoms with E-state index in [-0.39, 0.29) is 27.5 Å². The van der Waals surface area contributed by atoms with Gasteiger partial charge in [-0.1, -0.05) is 0 Å². The van der Waals surface area contributed by atoms with Crippen molar-refractivity contribution in [1.82, 2.24) is 24.6 Å². The second-order valence-corrected chi connectivity index (χ2v) is 0. The molecule has 0 aromatic rings. The van der Waals surface area contributed by atoms with Crippen molar-refractivity contribution in [2.75, 3.05) is 0 Å². The van der Waals surface area contributed by atoms with E-state index in [0.29, 0.717) is 0 Å². The van der Waals surface area contributed by atoms with Crippen LogP contribution < -0.4 is 24.6 Å². The van der Waals surface area contributed by atoms with Crippen molar-refractivity contribution in [1.29, 1.82) is 0 Å². The summed E-state index contributed by atoms with van der Waals surface area (Å²) in [6.07, 6.45) is 0. The van der Waals surface area contributed by atoms with E-state index in [4.69, 9.17) is 0 Å². The molecule has 32 valence electrons. The van der Waals surface area contributed by atoms with Crippen LogP contribution in [0.1, 0.15) is 2.85 Å². The number of hydrogen-bond donors (Lipinski definition) is 4. The lowest BCUT2D eigenvalue weighted by atomic mass is 14.0. The van der Waals surface area contributed by atoms with Crippen molar-refractivity contribution >= 4 is 0 Å². The van der Waals surface area contributed by atoms with Crippen LogP contribution in [0, 0.1) is 0 Å². The van der Waals surface area contributed by atoms with E-state index in [9.17, 15) is 0 Å². The minimum atomic E-state index is 0. The monoisotopic (exact) mass is 70.1 g/mol. The first-order valence-corrected chi connectivity index (χ1v) is 0. The lowest BCUT2D eigenvalue weighted by Gasteiger charge is -0.345. The highest BCUT2D eigenvalue weighted by molar-refractivity contribution is 2.14. The summed E-state index contributed by atoms with van der Waals surface area (Å²) in [5, 5.41) is 0. The molecule has 12 N–H and O–H groups in total. The van der Waals surface area contributed by atoms with Crippen molar-refractivity contribution in [2.45, 2.75) is 0 Å². The summed E-state index contributed by atoms with van der Waals surface area (Å²) in [7, 11) is 0. The molecule has 0 aromatic heterocycles. The highest BCUT2D eigenvalue weighted by Gasteiger charge is -0.341. The van der Waals surface area contributed by atoms with E-state index in [2.05, 4.69) is 0 Å². The van der Waals surface area contributed by atoms with E-state index >= 15 is 0 Å². The van der Waals surface area contributed by atoms with Gasteiger partial charge in [0.2, 0.25) is 0 Å². The molecular formula is H14N4+2. The van der Waals surface area contributed by atoms with Crippen molar-refractivity contribution in [2.24, 2.45) is 0 Å². The van der Waals surface area contributed by atoms with Crippen molar-refractivity contribution < 1.29 is 2.85 Å². The van der Waals surface area contributed by atoms with Gasteiger partial charge in [-0.25, -0.2) is 0 Å². The molecule has 0 aliphatic rings. The van der Waals surface area contributed by atoms with Crippen LogP contribution in [0.3, 0.4) is 0 Å². The molecule has 0 saturated heterocycles. The summed E-state index contributed by atoms with van der Waals surface area (Å²) >= 11 is 0. The van der Waals surface area contributed by atoms with Gasteiger partial charge in [0.05, 0.1) is 0 Å². The van der Waals surface area contributed by atoms with Gasteiger partial charge in [0.1, 0.15) is 0 Å². The highest BCUT2D eigenvalue weighted by atomic mass is 14.0. The minimum absolute atomic E-state index is 0. The molecule has 0 spiro atoms. The molecule has 0 amide bonds. The maximum Gasteiger partial charge on any atom is 1.00 e. The molecule has 0 unspecified atom stereocenters. The van der Waals surface area contributed by atoms with Gasteiger partial charge < -0.3 is 24.6 Å². The van der Waals surface area contributed by atoms with Crippen molar-refractivity contribution in [3.8, 4) is 0 Å². The van der Waals surface area contributed by atoms with Crippen molar-refractivity contribution in [3.05, 3.63) is 0 Å². The lowest BCUT2D eigenvalue weighted by molar-refractivity contribution is 2.13. The SMILES string of the molecule is N.N.N.N.[H+].[H+]. The summed E-state index contributed by atoms with van der Waals surface area (Å²) in [6, 6.07) is 0. The summed E-state index contributed by atoms with van der Waals surface area (Å²) in [5.74, 6) is 0. The van der Waals surface area contributed by atoms with Crippen LogP contribution in [-0.4, -0.2) is 0 Å². The van der Waals surface area contributed by atoms with Crippen LogP contribution in [0.4, 0.5) is 0 Å². The maximum atomic E-state index is 0. The van der Waals surface area contributed by atoms with Gasteiger partial charge >= 0.3 is 2.85 Å². The maximum absolute atomic E-state index is 0. The summed E-state index contributed by atoms with van der Waals surface area (Å²) in [6.45, 7) is 0. The van der Waals surface area contributed by atoms with Crippen LogP contribution in [0.25, 0.3) is 0 Å². The zero-order valence-electron chi connectivity index (χ0n) is 4.83. The topological polar surface area (TPSA) is 140 Å². The van der Waals surface area contributed by atoms with Crippen LogP contribution in [0.2, 0.25) is 0 Å². The molecule has 0 rings (SSSR count). The predicted octanol–water partition coefficient (Wildman–Crippen LogP) is 0.873. The molecule has 0 aromatic carbocycles.